The highest BCUT2D eigenvalue weighted by atomic mass is 35.5. The summed E-state index contributed by atoms with van der Waals surface area (Å²) in [6.45, 7) is 5.56. The topological polar surface area (TPSA) is 93.3 Å². The van der Waals surface area contributed by atoms with Crippen molar-refractivity contribution in [3.8, 4) is 11.5 Å². The average Bonchev–Trinajstić information content (AvgIpc) is 2.77. The summed E-state index contributed by atoms with van der Waals surface area (Å²) in [6.07, 6.45) is 7.70. The number of hydrogen-bond donors (Lipinski definition) is 1. The molecule has 1 N–H and O–H groups in total. The fourth-order valence-corrected chi connectivity index (χ4v) is 3.57. The normalized spacial score (nSPS) is 13.6. The van der Waals surface area contributed by atoms with Crippen molar-refractivity contribution in [1.29, 1.82) is 0 Å². The average molecular weight is 461 g/mol. The smallest absolute Gasteiger partial charge is 0.226 e. The maximum atomic E-state index is 6.51. The molecule has 33 heavy (non-hydrogen) atoms. The molecule has 1 fully saturated rings. The van der Waals surface area contributed by atoms with E-state index >= 15 is 0 Å². The minimum absolute atomic E-state index is 0.449. The van der Waals surface area contributed by atoms with Gasteiger partial charge in [-0.2, -0.15) is 0 Å². The molecule has 3 aromatic heterocycles. The highest BCUT2D eigenvalue weighted by Gasteiger charge is 2.18. The summed E-state index contributed by atoms with van der Waals surface area (Å²) in [7, 11) is 1.90. The van der Waals surface area contributed by atoms with Crippen LogP contribution in [0.2, 0.25) is 5.02 Å². The number of halogens is 1. The number of anilines is 3. The standard InChI is InChI=1S/C23H21ClN8O/c1-3-25-20-12-16(7-10-31(20)2)33-19-6-5-15(11-17(19)24)29-22-21-18(27-14-28-22)13-26-23(30-21)32-8-4-9-32/h3,5-7,10-14H,1,4,8-9H2,2H3,(H,27,28,29). The maximum absolute atomic E-state index is 6.51. The molecular formula is C23H21ClN8O. The van der Waals surface area contributed by atoms with Gasteiger partial charge in [0.1, 0.15) is 34.3 Å². The zero-order chi connectivity index (χ0) is 22.8. The van der Waals surface area contributed by atoms with Crippen LogP contribution in [0.25, 0.3) is 11.0 Å². The third kappa shape index (κ3) is 4.35. The first-order valence-electron chi connectivity index (χ1n) is 10.4. The van der Waals surface area contributed by atoms with E-state index in [4.69, 9.17) is 16.3 Å². The Balaban J connectivity index is 1.40. The molecule has 0 aliphatic carbocycles. The minimum Gasteiger partial charge on any atom is -0.456 e. The lowest BCUT2D eigenvalue weighted by atomic mass is 10.2. The number of rotatable bonds is 6. The van der Waals surface area contributed by atoms with Gasteiger partial charge in [-0.1, -0.05) is 18.2 Å². The molecule has 9 nitrogen and oxygen atoms in total. The highest BCUT2D eigenvalue weighted by molar-refractivity contribution is 6.32. The molecule has 0 unspecified atom stereocenters. The fourth-order valence-electron chi connectivity index (χ4n) is 3.35. The Hall–Kier alpha value is -3.98. The first-order chi connectivity index (χ1) is 16.1. The first-order valence-corrected chi connectivity index (χ1v) is 10.8. The van der Waals surface area contributed by atoms with E-state index in [0.29, 0.717) is 44.8 Å². The Labute approximate surface area is 195 Å². The summed E-state index contributed by atoms with van der Waals surface area (Å²) in [5.74, 6) is 2.41. The fraction of sp³-hybridized carbons (Fsp3) is 0.174. The van der Waals surface area contributed by atoms with Gasteiger partial charge in [-0.05, 0) is 30.7 Å². The van der Waals surface area contributed by atoms with E-state index in [9.17, 15) is 0 Å². The van der Waals surface area contributed by atoms with Crippen molar-refractivity contribution < 1.29 is 4.74 Å². The largest absolute Gasteiger partial charge is 0.456 e. The molecule has 1 aliphatic rings. The SMILES string of the molecule is C=CN=c1cc(Oc2ccc(Nc3ncnc4cnc(N5CCC5)nc34)cc2Cl)ccn1C. The lowest BCUT2D eigenvalue weighted by Gasteiger charge is -2.30. The molecule has 1 saturated heterocycles. The van der Waals surface area contributed by atoms with Gasteiger partial charge in [0.05, 0.1) is 11.2 Å². The Morgan fingerprint density at radius 2 is 2.06 bits per heavy atom. The number of nitrogens with one attached hydrogen (secondary N) is 1. The third-order valence-corrected chi connectivity index (χ3v) is 5.54. The van der Waals surface area contributed by atoms with Gasteiger partial charge in [-0.3, -0.25) is 0 Å². The summed E-state index contributed by atoms with van der Waals surface area (Å²) in [5.41, 5.74) is 2.78. The molecule has 1 aliphatic heterocycles. The van der Waals surface area contributed by atoms with Gasteiger partial charge >= 0.3 is 0 Å². The van der Waals surface area contributed by atoms with E-state index in [-0.39, 0.29) is 0 Å². The summed E-state index contributed by atoms with van der Waals surface area (Å²) in [5, 5.41) is 3.73. The molecular weight excluding hydrogens is 440 g/mol. The van der Waals surface area contributed by atoms with Gasteiger partial charge < -0.3 is 19.5 Å². The van der Waals surface area contributed by atoms with Crippen LogP contribution < -0.4 is 20.4 Å². The molecule has 0 bridgehead atoms. The van der Waals surface area contributed by atoms with Crippen LogP contribution in [0.3, 0.4) is 0 Å². The lowest BCUT2D eigenvalue weighted by Crippen LogP contribution is -2.38. The van der Waals surface area contributed by atoms with E-state index < -0.39 is 0 Å². The van der Waals surface area contributed by atoms with Crippen LogP contribution in [0, 0.1) is 0 Å². The van der Waals surface area contributed by atoms with Gasteiger partial charge in [0.15, 0.2) is 5.82 Å². The lowest BCUT2D eigenvalue weighted by molar-refractivity contribution is 0.479. The van der Waals surface area contributed by atoms with Crippen molar-refractivity contribution in [2.45, 2.75) is 6.42 Å². The van der Waals surface area contributed by atoms with Crippen LogP contribution >= 0.6 is 11.6 Å². The second kappa shape index (κ2) is 8.87. The third-order valence-electron chi connectivity index (χ3n) is 5.24. The van der Waals surface area contributed by atoms with Gasteiger partial charge in [0.25, 0.3) is 0 Å². The molecule has 4 heterocycles. The predicted molar refractivity (Wildman–Crippen MR) is 128 cm³/mol. The molecule has 5 rings (SSSR count). The van der Waals surface area contributed by atoms with E-state index in [1.807, 2.05) is 36.0 Å². The molecule has 0 amide bonds. The van der Waals surface area contributed by atoms with Crippen LogP contribution in [0.1, 0.15) is 6.42 Å². The Morgan fingerprint density at radius 3 is 2.82 bits per heavy atom. The summed E-state index contributed by atoms with van der Waals surface area (Å²) >= 11 is 6.51. The van der Waals surface area contributed by atoms with Crippen LogP contribution in [-0.2, 0) is 7.05 Å². The second-order valence-electron chi connectivity index (χ2n) is 7.48. The van der Waals surface area contributed by atoms with Gasteiger partial charge in [0.2, 0.25) is 5.95 Å². The zero-order valence-corrected chi connectivity index (χ0v) is 18.7. The Morgan fingerprint density at radius 1 is 1.18 bits per heavy atom. The first kappa shape index (κ1) is 20.9. The van der Waals surface area contributed by atoms with Gasteiger partial charge in [-0.25, -0.2) is 24.9 Å². The Kier molecular flexibility index (Phi) is 5.62. The van der Waals surface area contributed by atoms with Crippen molar-refractivity contribution in [3.05, 3.63) is 72.3 Å². The highest BCUT2D eigenvalue weighted by Crippen LogP contribution is 2.33. The predicted octanol–water partition coefficient (Wildman–Crippen LogP) is 4.20. The maximum Gasteiger partial charge on any atom is 0.226 e. The van der Waals surface area contributed by atoms with E-state index in [2.05, 4.69) is 41.7 Å². The van der Waals surface area contributed by atoms with Gasteiger partial charge in [-0.15, -0.1) is 0 Å². The molecule has 0 atom stereocenters. The second-order valence-corrected chi connectivity index (χ2v) is 7.89. The minimum atomic E-state index is 0.449. The summed E-state index contributed by atoms with van der Waals surface area (Å²) in [4.78, 5) is 24.1. The number of aryl methyl sites for hydroxylation is 1. The van der Waals surface area contributed by atoms with Crippen molar-refractivity contribution in [3.63, 3.8) is 0 Å². The number of fused-ring (bicyclic) bond motifs is 1. The number of benzene rings is 1. The molecule has 1 aromatic carbocycles. The van der Waals surface area contributed by atoms with Crippen molar-refractivity contribution in [2.75, 3.05) is 23.3 Å². The number of aromatic nitrogens is 5. The van der Waals surface area contributed by atoms with Crippen LogP contribution in [0.15, 0.2) is 66.8 Å². The quantitative estimate of drug-likeness (QED) is 0.460. The van der Waals surface area contributed by atoms with E-state index in [1.165, 1.54) is 12.5 Å². The van der Waals surface area contributed by atoms with Crippen molar-refractivity contribution in [1.82, 2.24) is 24.5 Å². The number of pyridine rings is 1. The molecule has 0 radical (unpaired) electrons. The molecule has 0 saturated carbocycles. The van der Waals surface area contributed by atoms with Gasteiger partial charge in [0, 0.05) is 44.3 Å². The number of ether oxygens (including phenoxy) is 1. The molecule has 10 heteroatoms. The number of nitrogens with zero attached hydrogens (tertiary/aromatic N) is 7. The van der Waals surface area contributed by atoms with E-state index in [1.54, 1.807) is 18.3 Å². The monoisotopic (exact) mass is 460 g/mol. The summed E-state index contributed by atoms with van der Waals surface area (Å²) in [6, 6.07) is 9.09. The van der Waals surface area contributed by atoms with E-state index in [0.717, 1.165) is 25.2 Å². The summed E-state index contributed by atoms with van der Waals surface area (Å²) < 4.78 is 7.84. The van der Waals surface area contributed by atoms with Crippen molar-refractivity contribution >= 4 is 40.1 Å². The van der Waals surface area contributed by atoms with Crippen LogP contribution in [0.5, 0.6) is 11.5 Å². The molecule has 166 valence electrons. The van der Waals surface area contributed by atoms with Crippen LogP contribution in [0.4, 0.5) is 17.5 Å². The molecule has 4 aromatic rings. The zero-order valence-electron chi connectivity index (χ0n) is 17.9. The van der Waals surface area contributed by atoms with Crippen LogP contribution in [-0.4, -0.2) is 37.6 Å². The molecule has 0 spiro atoms. The van der Waals surface area contributed by atoms with Crippen molar-refractivity contribution in [2.24, 2.45) is 12.0 Å². The Bertz CT molecular complexity index is 1410. The number of hydrogen-bond acceptors (Lipinski definition) is 8.